The monoisotopic (exact) mass is 302 g/mol. The van der Waals surface area contributed by atoms with Crippen LogP contribution in [0.15, 0.2) is 47.2 Å². The number of phenols is 1. The molecule has 0 spiro atoms. The SMILES string of the molecule is Cc1ccn2c(-c3cccc(O)c3)nc(Br)c2c1. The Hall–Kier alpha value is -1.81. The van der Waals surface area contributed by atoms with Crippen molar-refractivity contribution in [2.45, 2.75) is 6.92 Å². The second-order valence-electron chi connectivity index (χ2n) is 4.24. The van der Waals surface area contributed by atoms with Gasteiger partial charge >= 0.3 is 0 Å². The number of aromatic hydroxyl groups is 1. The second-order valence-corrected chi connectivity index (χ2v) is 4.99. The van der Waals surface area contributed by atoms with E-state index >= 15 is 0 Å². The van der Waals surface area contributed by atoms with E-state index in [9.17, 15) is 5.11 Å². The number of rotatable bonds is 1. The van der Waals surface area contributed by atoms with Gasteiger partial charge in [0.15, 0.2) is 0 Å². The minimum atomic E-state index is 0.243. The molecule has 0 aliphatic carbocycles. The van der Waals surface area contributed by atoms with Gasteiger partial charge in [0.05, 0.1) is 5.52 Å². The molecule has 0 amide bonds. The summed E-state index contributed by atoms with van der Waals surface area (Å²) in [5, 5.41) is 9.55. The number of halogens is 1. The normalized spacial score (nSPS) is 11.0. The minimum Gasteiger partial charge on any atom is -0.508 e. The number of imidazole rings is 1. The molecule has 0 saturated carbocycles. The Kier molecular flexibility index (Phi) is 2.59. The fourth-order valence-corrected chi connectivity index (χ4v) is 2.48. The molecule has 0 aliphatic heterocycles. The van der Waals surface area contributed by atoms with Crippen LogP contribution in [0.4, 0.5) is 0 Å². The molecular formula is C14H11BrN2O. The molecule has 0 aliphatic rings. The predicted octanol–water partition coefficient (Wildman–Crippen LogP) is 3.78. The summed E-state index contributed by atoms with van der Waals surface area (Å²) in [6.45, 7) is 2.05. The average Bonchev–Trinajstić information content (AvgIpc) is 2.67. The lowest BCUT2D eigenvalue weighted by Crippen LogP contribution is -1.89. The summed E-state index contributed by atoms with van der Waals surface area (Å²) in [5.74, 6) is 1.06. The maximum Gasteiger partial charge on any atom is 0.146 e. The van der Waals surface area contributed by atoms with E-state index in [2.05, 4.69) is 27.0 Å². The number of fused-ring (bicyclic) bond motifs is 1. The van der Waals surface area contributed by atoms with Crippen molar-refractivity contribution < 1.29 is 5.11 Å². The fraction of sp³-hybridized carbons (Fsp3) is 0.0714. The molecule has 0 unspecified atom stereocenters. The molecule has 1 aromatic carbocycles. The third-order valence-electron chi connectivity index (χ3n) is 2.86. The van der Waals surface area contributed by atoms with Crippen LogP contribution in [0.3, 0.4) is 0 Å². The molecule has 0 fully saturated rings. The Morgan fingerprint density at radius 3 is 2.83 bits per heavy atom. The van der Waals surface area contributed by atoms with E-state index in [4.69, 9.17) is 0 Å². The van der Waals surface area contributed by atoms with Crippen molar-refractivity contribution in [3.8, 4) is 17.1 Å². The summed E-state index contributed by atoms with van der Waals surface area (Å²) < 4.78 is 2.82. The van der Waals surface area contributed by atoms with Gasteiger partial charge in [-0.1, -0.05) is 12.1 Å². The van der Waals surface area contributed by atoms with E-state index in [1.807, 2.05) is 35.7 Å². The summed E-state index contributed by atoms with van der Waals surface area (Å²) in [6.07, 6.45) is 1.99. The Labute approximate surface area is 113 Å². The van der Waals surface area contributed by atoms with Crippen molar-refractivity contribution in [3.05, 3.63) is 52.8 Å². The van der Waals surface area contributed by atoms with Crippen LogP contribution in [0, 0.1) is 6.92 Å². The Morgan fingerprint density at radius 1 is 1.22 bits per heavy atom. The van der Waals surface area contributed by atoms with E-state index in [1.165, 1.54) is 5.56 Å². The third kappa shape index (κ3) is 1.78. The lowest BCUT2D eigenvalue weighted by Gasteiger charge is -2.02. The molecule has 90 valence electrons. The lowest BCUT2D eigenvalue weighted by molar-refractivity contribution is 0.475. The van der Waals surface area contributed by atoms with Crippen LogP contribution in [0.2, 0.25) is 0 Å². The van der Waals surface area contributed by atoms with E-state index < -0.39 is 0 Å². The topological polar surface area (TPSA) is 37.5 Å². The number of nitrogens with zero attached hydrogens (tertiary/aromatic N) is 2. The predicted molar refractivity (Wildman–Crippen MR) is 74.7 cm³/mol. The molecule has 18 heavy (non-hydrogen) atoms. The number of hydrogen-bond acceptors (Lipinski definition) is 2. The Balaban J connectivity index is 2.30. The summed E-state index contributed by atoms with van der Waals surface area (Å²) >= 11 is 3.47. The van der Waals surface area contributed by atoms with Crippen molar-refractivity contribution in [1.82, 2.24) is 9.38 Å². The first kappa shape index (κ1) is 11.3. The van der Waals surface area contributed by atoms with Crippen molar-refractivity contribution in [1.29, 1.82) is 0 Å². The van der Waals surface area contributed by atoms with Gasteiger partial charge in [0.1, 0.15) is 16.2 Å². The van der Waals surface area contributed by atoms with E-state index in [-0.39, 0.29) is 5.75 Å². The molecule has 0 bridgehead atoms. The van der Waals surface area contributed by atoms with Gasteiger partial charge in [-0.05, 0) is 52.7 Å². The van der Waals surface area contributed by atoms with Crippen LogP contribution >= 0.6 is 15.9 Å². The summed E-state index contributed by atoms with van der Waals surface area (Å²) in [7, 11) is 0. The zero-order valence-corrected chi connectivity index (χ0v) is 11.3. The number of aromatic nitrogens is 2. The molecule has 4 heteroatoms. The van der Waals surface area contributed by atoms with Gasteiger partial charge in [0.25, 0.3) is 0 Å². The summed E-state index contributed by atoms with van der Waals surface area (Å²) in [6, 6.07) is 11.2. The molecular weight excluding hydrogens is 292 g/mol. The number of pyridine rings is 1. The van der Waals surface area contributed by atoms with Gasteiger partial charge in [-0.15, -0.1) is 0 Å². The molecule has 3 nitrogen and oxygen atoms in total. The third-order valence-corrected chi connectivity index (χ3v) is 3.44. The Bertz CT molecular complexity index is 734. The van der Waals surface area contributed by atoms with Gasteiger partial charge in [0, 0.05) is 11.8 Å². The average molecular weight is 303 g/mol. The second kappa shape index (κ2) is 4.14. The quantitative estimate of drug-likeness (QED) is 0.743. The first-order chi connectivity index (χ1) is 8.65. The summed E-state index contributed by atoms with van der Waals surface area (Å²) in [5.41, 5.74) is 3.10. The van der Waals surface area contributed by atoms with Gasteiger partial charge in [0.2, 0.25) is 0 Å². The molecule has 3 rings (SSSR count). The highest BCUT2D eigenvalue weighted by Crippen LogP contribution is 2.28. The van der Waals surface area contributed by atoms with Crippen molar-refractivity contribution in [2.75, 3.05) is 0 Å². The number of phenolic OH excluding ortho intramolecular Hbond substituents is 1. The minimum absolute atomic E-state index is 0.243. The van der Waals surface area contributed by atoms with E-state index in [1.54, 1.807) is 12.1 Å². The van der Waals surface area contributed by atoms with Gasteiger partial charge in [-0.25, -0.2) is 4.98 Å². The number of aryl methyl sites for hydroxylation is 1. The molecule has 0 atom stereocenters. The van der Waals surface area contributed by atoms with Gasteiger partial charge < -0.3 is 5.11 Å². The highest BCUT2D eigenvalue weighted by atomic mass is 79.9. The zero-order chi connectivity index (χ0) is 12.7. The molecule has 0 saturated heterocycles. The molecule has 2 aromatic heterocycles. The zero-order valence-electron chi connectivity index (χ0n) is 9.76. The van der Waals surface area contributed by atoms with Crippen LogP contribution in [0.1, 0.15) is 5.56 Å². The summed E-state index contributed by atoms with van der Waals surface area (Å²) in [4.78, 5) is 4.51. The first-order valence-corrected chi connectivity index (χ1v) is 6.38. The maximum absolute atomic E-state index is 9.55. The molecule has 3 aromatic rings. The van der Waals surface area contributed by atoms with E-state index in [0.717, 1.165) is 21.5 Å². The first-order valence-electron chi connectivity index (χ1n) is 5.59. The van der Waals surface area contributed by atoms with Crippen LogP contribution < -0.4 is 0 Å². The molecule has 1 N–H and O–H groups in total. The van der Waals surface area contributed by atoms with Crippen molar-refractivity contribution >= 4 is 21.4 Å². The van der Waals surface area contributed by atoms with Crippen LogP contribution in [0.25, 0.3) is 16.9 Å². The van der Waals surface area contributed by atoms with Crippen LogP contribution in [0.5, 0.6) is 5.75 Å². The van der Waals surface area contributed by atoms with Crippen LogP contribution in [-0.2, 0) is 0 Å². The van der Waals surface area contributed by atoms with E-state index in [0.29, 0.717) is 0 Å². The molecule has 2 heterocycles. The maximum atomic E-state index is 9.55. The Morgan fingerprint density at radius 2 is 2.06 bits per heavy atom. The van der Waals surface area contributed by atoms with Crippen LogP contribution in [-0.4, -0.2) is 14.5 Å². The smallest absolute Gasteiger partial charge is 0.146 e. The lowest BCUT2D eigenvalue weighted by atomic mass is 10.2. The van der Waals surface area contributed by atoms with Crippen molar-refractivity contribution in [2.24, 2.45) is 0 Å². The highest BCUT2D eigenvalue weighted by molar-refractivity contribution is 9.10. The fourth-order valence-electron chi connectivity index (χ4n) is 2.00. The highest BCUT2D eigenvalue weighted by Gasteiger charge is 2.11. The standard InChI is InChI=1S/C14H11BrN2O/c1-9-5-6-17-12(7-9)13(15)16-14(17)10-3-2-4-11(18)8-10/h2-8,18H,1H3. The van der Waals surface area contributed by atoms with Crippen molar-refractivity contribution in [3.63, 3.8) is 0 Å². The largest absolute Gasteiger partial charge is 0.508 e. The van der Waals surface area contributed by atoms with Gasteiger partial charge in [-0.2, -0.15) is 0 Å². The number of benzene rings is 1. The molecule has 0 radical (unpaired) electrons. The number of hydrogen-bond donors (Lipinski definition) is 1. The van der Waals surface area contributed by atoms with Gasteiger partial charge in [-0.3, -0.25) is 4.40 Å².